The number of nitrogens with zero attached hydrogens (tertiary/aromatic N) is 2. The Balaban J connectivity index is 1.84. The summed E-state index contributed by atoms with van der Waals surface area (Å²) in [6.45, 7) is 2.92. The number of benzene rings is 1. The van der Waals surface area contributed by atoms with E-state index < -0.39 is 17.6 Å². The molecule has 1 aliphatic rings. The largest absolute Gasteiger partial charge is 0.344 e. The molecule has 0 aliphatic carbocycles. The van der Waals surface area contributed by atoms with E-state index in [-0.39, 0.29) is 12.5 Å². The van der Waals surface area contributed by atoms with Crippen molar-refractivity contribution in [2.24, 2.45) is 0 Å². The molecule has 0 atom stereocenters. The predicted molar refractivity (Wildman–Crippen MR) is 77.1 cm³/mol. The van der Waals surface area contributed by atoms with Gasteiger partial charge in [-0.15, -0.1) is 0 Å². The van der Waals surface area contributed by atoms with Gasteiger partial charge < -0.3 is 15.1 Å². The first-order valence-electron chi connectivity index (χ1n) is 7.05. The maximum Gasteiger partial charge on any atom is 0.312 e. The number of halogens is 1. The Morgan fingerprint density at radius 2 is 1.68 bits per heavy atom. The fraction of sp³-hybridized carbons (Fsp3) is 0.400. The van der Waals surface area contributed by atoms with E-state index in [1.165, 1.54) is 17.9 Å². The third kappa shape index (κ3) is 3.81. The van der Waals surface area contributed by atoms with E-state index in [0.717, 1.165) is 0 Å². The normalized spacial score (nSPS) is 14.6. The second-order valence-electron chi connectivity index (χ2n) is 5.07. The molecule has 6 nitrogen and oxygen atoms in total. The summed E-state index contributed by atoms with van der Waals surface area (Å²) in [5.74, 6) is -1.89. The number of piperazine rings is 1. The molecule has 0 saturated carbocycles. The van der Waals surface area contributed by atoms with Crippen LogP contribution in [0.3, 0.4) is 0 Å². The number of carbonyl (C=O) groups excluding carboxylic acids is 3. The molecule has 0 aromatic heterocycles. The molecule has 2 rings (SSSR count). The Labute approximate surface area is 127 Å². The average molecular weight is 307 g/mol. The van der Waals surface area contributed by atoms with Crippen molar-refractivity contribution in [1.82, 2.24) is 15.1 Å². The van der Waals surface area contributed by atoms with Crippen LogP contribution < -0.4 is 5.32 Å². The zero-order chi connectivity index (χ0) is 16.1. The Morgan fingerprint density at radius 1 is 1.09 bits per heavy atom. The molecule has 0 unspecified atom stereocenters. The minimum Gasteiger partial charge on any atom is -0.344 e. The molecule has 7 heteroatoms. The first-order valence-corrected chi connectivity index (χ1v) is 7.05. The zero-order valence-corrected chi connectivity index (χ0v) is 12.3. The van der Waals surface area contributed by atoms with Crippen molar-refractivity contribution in [3.05, 3.63) is 35.6 Å². The van der Waals surface area contributed by atoms with Crippen molar-refractivity contribution < 1.29 is 18.8 Å². The van der Waals surface area contributed by atoms with Gasteiger partial charge in [0.05, 0.1) is 0 Å². The summed E-state index contributed by atoms with van der Waals surface area (Å²) < 4.78 is 13.4. The summed E-state index contributed by atoms with van der Waals surface area (Å²) in [5, 5.41) is 2.42. The topological polar surface area (TPSA) is 69.7 Å². The molecule has 1 saturated heterocycles. The molecule has 1 heterocycles. The first kappa shape index (κ1) is 15.9. The number of hydrogen-bond acceptors (Lipinski definition) is 3. The molecule has 1 aliphatic heterocycles. The molecule has 3 amide bonds. The molecule has 0 bridgehead atoms. The maximum atomic E-state index is 13.4. The van der Waals surface area contributed by atoms with Gasteiger partial charge in [0, 0.05) is 45.2 Å². The minimum absolute atomic E-state index is 0.0370. The average Bonchev–Trinajstić information content (AvgIpc) is 2.53. The summed E-state index contributed by atoms with van der Waals surface area (Å²) in [5.41, 5.74) is 0.324. The van der Waals surface area contributed by atoms with E-state index in [4.69, 9.17) is 0 Å². The molecule has 1 fully saturated rings. The number of rotatable bonds is 2. The molecule has 0 radical (unpaired) electrons. The third-order valence-corrected chi connectivity index (χ3v) is 3.60. The van der Waals surface area contributed by atoms with E-state index in [0.29, 0.717) is 31.7 Å². The van der Waals surface area contributed by atoms with Crippen molar-refractivity contribution >= 4 is 17.7 Å². The van der Waals surface area contributed by atoms with E-state index in [9.17, 15) is 18.8 Å². The molecule has 22 heavy (non-hydrogen) atoms. The van der Waals surface area contributed by atoms with Gasteiger partial charge >= 0.3 is 11.8 Å². The van der Waals surface area contributed by atoms with Crippen molar-refractivity contribution in [3.8, 4) is 0 Å². The smallest absolute Gasteiger partial charge is 0.312 e. The summed E-state index contributed by atoms with van der Waals surface area (Å²) in [6, 6.07) is 6.06. The van der Waals surface area contributed by atoms with Crippen LogP contribution in [0.4, 0.5) is 4.39 Å². The van der Waals surface area contributed by atoms with Gasteiger partial charge in [0.15, 0.2) is 0 Å². The highest BCUT2D eigenvalue weighted by molar-refractivity contribution is 6.35. The fourth-order valence-corrected chi connectivity index (χ4v) is 2.26. The van der Waals surface area contributed by atoms with Crippen LogP contribution in [0.1, 0.15) is 12.5 Å². The molecular formula is C15H18FN3O3. The fourth-order valence-electron chi connectivity index (χ4n) is 2.26. The minimum atomic E-state index is -0.764. The van der Waals surface area contributed by atoms with Gasteiger partial charge in [0.1, 0.15) is 5.82 Å². The van der Waals surface area contributed by atoms with Crippen LogP contribution in [0.5, 0.6) is 0 Å². The third-order valence-electron chi connectivity index (χ3n) is 3.60. The monoisotopic (exact) mass is 307 g/mol. The lowest BCUT2D eigenvalue weighted by molar-refractivity contribution is -0.148. The summed E-state index contributed by atoms with van der Waals surface area (Å²) >= 11 is 0. The zero-order valence-electron chi connectivity index (χ0n) is 12.3. The molecule has 1 aromatic carbocycles. The van der Waals surface area contributed by atoms with Gasteiger partial charge in [-0.25, -0.2) is 4.39 Å². The van der Waals surface area contributed by atoms with Crippen LogP contribution >= 0.6 is 0 Å². The van der Waals surface area contributed by atoms with E-state index in [1.807, 2.05) is 0 Å². The maximum absolute atomic E-state index is 13.4. The second kappa shape index (κ2) is 7.02. The standard InChI is InChI=1S/C15H18FN3O3/c1-11(20)18-6-8-19(9-7-18)15(22)14(21)17-10-12-4-2-3-5-13(12)16/h2-5H,6-10H2,1H3,(H,17,21). The summed E-state index contributed by atoms with van der Waals surface area (Å²) in [7, 11) is 0. The predicted octanol–water partition coefficient (Wildman–Crippen LogP) is 0.133. The Morgan fingerprint density at radius 3 is 2.27 bits per heavy atom. The second-order valence-corrected chi connectivity index (χ2v) is 5.07. The van der Waals surface area contributed by atoms with E-state index in [1.54, 1.807) is 23.1 Å². The molecule has 0 spiro atoms. The highest BCUT2D eigenvalue weighted by Gasteiger charge is 2.26. The van der Waals surface area contributed by atoms with Crippen molar-refractivity contribution in [2.75, 3.05) is 26.2 Å². The molecule has 118 valence electrons. The van der Waals surface area contributed by atoms with Gasteiger partial charge in [-0.3, -0.25) is 14.4 Å². The SMILES string of the molecule is CC(=O)N1CCN(C(=O)C(=O)NCc2ccccc2F)CC1. The Hall–Kier alpha value is -2.44. The summed E-state index contributed by atoms with van der Waals surface area (Å²) in [6.07, 6.45) is 0. The number of amides is 3. The van der Waals surface area contributed by atoms with Crippen LogP contribution in [-0.2, 0) is 20.9 Å². The van der Waals surface area contributed by atoms with Gasteiger partial charge in [-0.05, 0) is 6.07 Å². The lowest BCUT2D eigenvalue weighted by Crippen LogP contribution is -2.53. The first-order chi connectivity index (χ1) is 10.5. The lowest BCUT2D eigenvalue weighted by Gasteiger charge is -2.33. The highest BCUT2D eigenvalue weighted by atomic mass is 19.1. The van der Waals surface area contributed by atoms with Crippen LogP contribution in [0.2, 0.25) is 0 Å². The van der Waals surface area contributed by atoms with Gasteiger partial charge in [0.25, 0.3) is 0 Å². The van der Waals surface area contributed by atoms with Crippen molar-refractivity contribution in [1.29, 1.82) is 0 Å². The number of nitrogens with one attached hydrogen (secondary N) is 1. The lowest BCUT2D eigenvalue weighted by atomic mass is 10.2. The highest BCUT2D eigenvalue weighted by Crippen LogP contribution is 2.06. The van der Waals surface area contributed by atoms with E-state index in [2.05, 4.69) is 5.32 Å². The number of hydrogen-bond donors (Lipinski definition) is 1. The van der Waals surface area contributed by atoms with Crippen LogP contribution in [-0.4, -0.2) is 53.7 Å². The van der Waals surface area contributed by atoms with Gasteiger partial charge in [-0.1, -0.05) is 18.2 Å². The van der Waals surface area contributed by atoms with Crippen LogP contribution in [0, 0.1) is 5.82 Å². The van der Waals surface area contributed by atoms with Crippen molar-refractivity contribution in [3.63, 3.8) is 0 Å². The molecule has 1 N–H and O–H groups in total. The number of carbonyl (C=O) groups is 3. The van der Waals surface area contributed by atoms with Crippen LogP contribution in [0.25, 0.3) is 0 Å². The summed E-state index contributed by atoms with van der Waals surface area (Å²) in [4.78, 5) is 38.1. The van der Waals surface area contributed by atoms with Gasteiger partial charge in [0.2, 0.25) is 5.91 Å². The quantitative estimate of drug-likeness (QED) is 0.790. The van der Waals surface area contributed by atoms with E-state index >= 15 is 0 Å². The van der Waals surface area contributed by atoms with Crippen LogP contribution in [0.15, 0.2) is 24.3 Å². The van der Waals surface area contributed by atoms with Gasteiger partial charge in [-0.2, -0.15) is 0 Å². The molecular weight excluding hydrogens is 289 g/mol. The Bertz CT molecular complexity index is 583. The van der Waals surface area contributed by atoms with Crippen molar-refractivity contribution in [2.45, 2.75) is 13.5 Å². The Kier molecular flexibility index (Phi) is 5.08. The molecule has 1 aromatic rings.